The zero-order chi connectivity index (χ0) is 11.5. The lowest BCUT2D eigenvalue weighted by molar-refractivity contribution is -0.126. The van der Waals surface area contributed by atoms with Crippen LogP contribution < -0.4 is 10.6 Å². The standard InChI is InChI=1S/C10H16N4O2/c1-6(2)9-13-8(16-14-9)5-12-10(15)7-3-11-4-7/h6-7,11H,3-5H2,1-2H3,(H,12,15). The van der Waals surface area contributed by atoms with Gasteiger partial charge >= 0.3 is 0 Å². The summed E-state index contributed by atoms with van der Waals surface area (Å²) < 4.78 is 5.02. The van der Waals surface area contributed by atoms with Crippen molar-refractivity contribution < 1.29 is 9.32 Å². The number of amides is 1. The summed E-state index contributed by atoms with van der Waals surface area (Å²) in [5.41, 5.74) is 0. The van der Waals surface area contributed by atoms with E-state index in [1.807, 2.05) is 13.8 Å². The summed E-state index contributed by atoms with van der Waals surface area (Å²) >= 11 is 0. The van der Waals surface area contributed by atoms with E-state index in [1.165, 1.54) is 0 Å². The molecule has 2 rings (SSSR count). The van der Waals surface area contributed by atoms with Crippen LogP contribution in [-0.4, -0.2) is 29.1 Å². The molecule has 0 saturated carbocycles. The summed E-state index contributed by atoms with van der Waals surface area (Å²) in [6.07, 6.45) is 0. The van der Waals surface area contributed by atoms with E-state index in [9.17, 15) is 4.79 Å². The fraction of sp³-hybridized carbons (Fsp3) is 0.700. The maximum absolute atomic E-state index is 11.5. The molecule has 16 heavy (non-hydrogen) atoms. The first-order valence-electron chi connectivity index (χ1n) is 5.47. The van der Waals surface area contributed by atoms with Crippen LogP contribution in [0, 0.1) is 5.92 Å². The number of rotatable bonds is 4. The third kappa shape index (κ3) is 2.38. The van der Waals surface area contributed by atoms with E-state index in [1.54, 1.807) is 0 Å². The molecular formula is C10H16N4O2. The molecule has 2 heterocycles. The second kappa shape index (κ2) is 4.61. The van der Waals surface area contributed by atoms with E-state index < -0.39 is 0 Å². The first-order chi connectivity index (χ1) is 7.66. The smallest absolute Gasteiger partial charge is 0.246 e. The topological polar surface area (TPSA) is 80.0 Å². The molecule has 88 valence electrons. The Kier molecular flexibility index (Phi) is 3.19. The van der Waals surface area contributed by atoms with Gasteiger partial charge in [-0.25, -0.2) is 0 Å². The maximum Gasteiger partial charge on any atom is 0.246 e. The highest BCUT2D eigenvalue weighted by atomic mass is 16.5. The molecule has 2 N–H and O–H groups in total. The van der Waals surface area contributed by atoms with E-state index >= 15 is 0 Å². The highest BCUT2D eigenvalue weighted by Gasteiger charge is 2.24. The van der Waals surface area contributed by atoms with Gasteiger partial charge in [0.2, 0.25) is 11.8 Å². The van der Waals surface area contributed by atoms with Crippen molar-refractivity contribution in [2.75, 3.05) is 13.1 Å². The van der Waals surface area contributed by atoms with E-state index in [-0.39, 0.29) is 17.7 Å². The quantitative estimate of drug-likeness (QED) is 0.754. The van der Waals surface area contributed by atoms with Crippen molar-refractivity contribution in [2.45, 2.75) is 26.3 Å². The number of hydrogen-bond donors (Lipinski definition) is 2. The van der Waals surface area contributed by atoms with Crippen molar-refractivity contribution in [3.8, 4) is 0 Å². The van der Waals surface area contributed by atoms with Crippen LogP contribution in [0.25, 0.3) is 0 Å². The largest absolute Gasteiger partial charge is 0.347 e. The third-order valence-corrected chi connectivity index (χ3v) is 2.57. The summed E-state index contributed by atoms with van der Waals surface area (Å²) in [6.45, 7) is 5.81. The summed E-state index contributed by atoms with van der Waals surface area (Å²) in [6, 6.07) is 0. The van der Waals surface area contributed by atoms with Crippen LogP contribution in [-0.2, 0) is 11.3 Å². The van der Waals surface area contributed by atoms with E-state index in [0.29, 0.717) is 18.3 Å². The van der Waals surface area contributed by atoms with E-state index in [0.717, 1.165) is 13.1 Å². The molecule has 1 aliphatic rings. The van der Waals surface area contributed by atoms with Gasteiger partial charge in [-0.3, -0.25) is 4.79 Å². The van der Waals surface area contributed by atoms with Gasteiger partial charge < -0.3 is 15.2 Å². The Hall–Kier alpha value is -1.43. The predicted molar refractivity (Wildman–Crippen MR) is 56.6 cm³/mol. The number of aromatic nitrogens is 2. The molecule has 0 aromatic carbocycles. The fourth-order valence-electron chi connectivity index (χ4n) is 1.36. The summed E-state index contributed by atoms with van der Waals surface area (Å²) in [5, 5.41) is 9.65. The number of hydrogen-bond acceptors (Lipinski definition) is 5. The Morgan fingerprint density at radius 1 is 1.62 bits per heavy atom. The molecule has 1 aromatic rings. The first kappa shape index (κ1) is 11.1. The lowest BCUT2D eigenvalue weighted by Crippen LogP contribution is -2.50. The van der Waals surface area contributed by atoms with E-state index in [2.05, 4.69) is 20.8 Å². The zero-order valence-electron chi connectivity index (χ0n) is 9.49. The minimum Gasteiger partial charge on any atom is -0.347 e. The van der Waals surface area contributed by atoms with Gasteiger partial charge in [0, 0.05) is 19.0 Å². The van der Waals surface area contributed by atoms with Gasteiger partial charge in [0.15, 0.2) is 5.82 Å². The van der Waals surface area contributed by atoms with Crippen LogP contribution in [0.2, 0.25) is 0 Å². The van der Waals surface area contributed by atoms with Crippen LogP contribution in [0.3, 0.4) is 0 Å². The molecule has 0 bridgehead atoms. The normalized spacial score (nSPS) is 16.2. The van der Waals surface area contributed by atoms with Crippen molar-refractivity contribution >= 4 is 5.91 Å². The second-order valence-electron chi connectivity index (χ2n) is 4.27. The lowest BCUT2D eigenvalue weighted by atomic mass is 10.0. The van der Waals surface area contributed by atoms with Crippen molar-refractivity contribution in [1.82, 2.24) is 20.8 Å². The molecule has 0 spiro atoms. The number of carbonyl (C=O) groups is 1. The monoisotopic (exact) mass is 224 g/mol. The van der Waals surface area contributed by atoms with Gasteiger partial charge in [-0.05, 0) is 0 Å². The van der Waals surface area contributed by atoms with Crippen molar-refractivity contribution in [3.05, 3.63) is 11.7 Å². The second-order valence-corrected chi connectivity index (χ2v) is 4.27. The maximum atomic E-state index is 11.5. The molecule has 1 saturated heterocycles. The van der Waals surface area contributed by atoms with Gasteiger partial charge in [0.05, 0.1) is 12.5 Å². The Labute approximate surface area is 93.8 Å². The summed E-state index contributed by atoms with van der Waals surface area (Å²) in [5.74, 6) is 1.51. The van der Waals surface area contributed by atoms with Crippen LogP contribution in [0.4, 0.5) is 0 Å². The van der Waals surface area contributed by atoms with Gasteiger partial charge in [-0.15, -0.1) is 0 Å². The molecule has 0 radical (unpaired) electrons. The molecule has 0 atom stereocenters. The number of nitrogens with one attached hydrogen (secondary N) is 2. The predicted octanol–water partition coefficient (Wildman–Crippen LogP) is 0.0286. The number of nitrogens with zero attached hydrogens (tertiary/aromatic N) is 2. The van der Waals surface area contributed by atoms with Crippen molar-refractivity contribution in [3.63, 3.8) is 0 Å². The fourth-order valence-corrected chi connectivity index (χ4v) is 1.36. The van der Waals surface area contributed by atoms with Crippen molar-refractivity contribution in [2.24, 2.45) is 5.92 Å². The van der Waals surface area contributed by atoms with Gasteiger partial charge in [-0.2, -0.15) is 4.98 Å². The van der Waals surface area contributed by atoms with Crippen LogP contribution >= 0.6 is 0 Å². The van der Waals surface area contributed by atoms with Gasteiger partial charge in [-0.1, -0.05) is 19.0 Å². The van der Waals surface area contributed by atoms with Gasteiger partial charge in [0.25, 0.3) is 0 Å². The zero-order valence-corrected chi connectivity index (χ0v) is 9.49. The summed E-state index contributed by atoms with van der Waals surface area (Å²) in [4.78, 5) is 15.7. The molecule has 1 aliphatic heterocycles. The Balaban J connectivity index is 1.82. The Morgan fingerprint density at radius 3 is 2.88 bits per heavy atom. The lowest BCUT2D eigenvalue weighted by Gasteiger charge is -2.25. The highest BCUT2D eigenvalue weighted by Crippen LogP contribution is 2.09. The first-order valence-corrected chi connectivity index (χ1v) is 5.47. The summed E-state index contributed by atoms with van der Waals surface area (Å²) in [7, 11) is 0. The SMILES string of the molecule is CC(C)c1noc(CNC(=O)C2CNC2)n1. The molecule has 1 aromatic heterocycles. The molecule has 6 heteroatoms. The minimum atomic E-state index is 0.0445. The van der Waals surface area contributed by atoms with Crippen LogP contribution in [0.15, 0.2) is 4.52 Å². The molecule has 1 amide bonds. The molecule has 0 unspecified atom stereocenters. The van der Waals surface area contributed by atoms with E-state index in [4.69, 9.17) is 4.52 Å². The molecule has 1 fully saturated rings. The molecular weight excluding hydrogens is 208 g/mol. The van der Waals surface area contributed by atoms with Crippen LogP contribution in [0.5, 0.6) is 0 Å². The average Bonchev–Trinajstić information content (AvgIpc) is 2.60. The minimum absolute atomic E-state index is 0.0445. The van der Waals surface area contributed by atoms with Crippen molar-refractivity contribution in [1.29, 1.82) is 0 Å². The highest BCUT2D eigenvalue weighted by molar-refractivity contribution is 5.79. The number of carbonyl (C=O) groups excluding carboxylic acids is 1. The third-order valence-electron chi connectivity index (χ3n) is 2.57. The average molecular weight is 224 g/mol. The Bertz CT molecular complexity index is 371. The molecule has 6 nitrogen and oxygen atoms in total. The van der Waals surface area contributed by atoms with Crippen LogP contribution in [0.1, 0.15) is 31.5 Å². The van der Waals surface area contributed by atoms with Gasteiger partial charge in [0.1, 0.15) is 0 Å². The Morgan fingerprint density at radius 2 is 2.38 bits per heavy atom. The molecule has 0 aliphatic carbocycles.